The van der Waals surface area contributed by atoms with E-state index >= 15 is 0 Å². The molecule has 0 aliphatic heterocycles. The molecule has 0 bridgehead atoms. The van der Waals surface area contributed by atoms with Crippen LogP contribution in [-0.4, -0.2) is 25.8 Å². The Morgan fingerprint density at radius 3 is 2.19 bits per heavy atom. The standard InChI is InChI=1S/C23H42N2O/c1-4-6-7-11-14-21(3)25-23-17-15-22(16-18-23)24-19-12-9-8-10-13-20-26-5-2/h15-18,21,24-25H,4-14,19-20H2,1-3H3/t21-/m0/s1. The molecule has 1 aromatic carbocycles. The SMILES string of the molecule is CCCCCC[C@H](C)Nc1ccc(NCCCCCCCOCC)cc1. The van der Waals surface area contributed by atoms with Gasteiger partial charge in [-0.15, -0.1) is 0 Å². The van der Waals surface area contributed by atoms with Crippen molar-refractivity contribution in [3.63, 3.8) is 0 Å². The van der Waals surface area contributed by atoms with Gasteiger partial charge in [0.1, 0.15) is 0 Å². The average Bonchev–Trinajstić information content (AvgIpc) is 2.65. The summed E-state index contributed by atoms with van der Waals surface area (Å²) in [6, 6.07) is 9.31. The van der Waals surface area contributed by atoms with Crippen LogP contribution in [0.25, 0.3) is 0 Å². The van der Waals surface area contributed by atoms with Crippen molar-refractivity contribution < 1.29 is 4.74 Å². The molecule has 0 saturated heterocycles. The zero-order chi connectivity index (χ0) is 18.9. The summed E-state index contributed by atoms with van der Waals surface area (Å²) in [4.78, 5) is 0. The van der Waals surface area contributed by atoms with Gasteiger partial charge in [0.15, 0.2) is 0 Å². The molecule has 0 amide bonds. The predicted octanol–water partition coefficient (Wildman–Crippen LogP) is 6.86. The molecule has 0 unspecified atom stereocenters. The molecule has 1 aromatic rings. The zero-order valence-corrected chi connectivity index (χ0v) is 17.5. The Labute approximate surface area is 162 Å². The maximum atomic E-state index is 5.36. The van der Waals surface area contributed by atoms with Crippen molar-refractivity contribution in [3.8, 4) is 0 Å². The molecular weight excluding hydrogens is 320 g/mol. The van der Waals surface area contributed by atoms with Crippen LogP contribution in [0, 0.1) is 0 Å². The lowest BCUT2D eigenvalue weighted by Crippen LogP contribution is -2.14. The summed E-state index contributed by atoms with van der Waals surface area (Å²) >= 11 is 0. The minimum Gasteiger partial charge on any atom is -0.385 e. The highest BCUT2D eigenvalue weighted by molar-refractivity contribution is 5.53. The van der Waals surface area contributed by atoms with E-state index in [4.69, 9.17) is 4.74 Å². The predicted molar refractivity (Wildman–Crippen MR) is 116 cm³/mol. The number of anilines is 2. The molecule has 26 heavy (non-hydrogen) atoms. The number of hydrogen-bond acceptors (Lipinski definition) is 3. The van der Waals surface area contributed by atoms with Crippen molar-refractivity contribution in [3.05, 3.63) is 24.3 Å². The molecule has 0 fully saturated rings. The fourth-order valence-corrected chi connectivity index (χ4v) is 3.15. The maximum absolute atomic E-state index is 5.36. The summed E-state index contributed by atoms with van der Waals surface area (Å²) in [5.74, 6) is 0. The van der Waals surface area contributed by atoms with Gasteiger partial charge < -0.3 is 15.4 Å². The van der Waals surface area contributed by atoms with Crippen molar-refractivity contribution in [2.45, 2.75) is 91.0 Å². The van der Waals surface area contributed by atoms with E-state index in [1.165, 1.54) is 75.6 Å². The van der Waals surface area contributed by atoms with Crippen molar-refractivity contribution >= 4 is 11.4 Å². The molecule has 0 spiro atoms. The lowest BCUT2D eigenvalue weighted by atomic mass is 10.1. The molecule has 0 aromatic heterocycles. The summed E-state index contributed by atoms with van der Waals surface area (Å²) in [5.41, 5.74) is 2.45. The normalized spacial score (nSPS) is 12.1. The van der Waals surface area contributed by atoms with Crippen LogP contribution in [0.15, 0.2) is 24.3 Å². The molecule has 150 valence electrons. The molecule has 1 atom stereocenters. The van der Waals surface area contributed by atoms with Crippen molar-refractivity contribution in [1.82, 2.24) is 0 Å². The van der Waals surface area contributed by atoms with Crippen LogP contribution in [0.5, 0.6) is 0 Å². The minimum atomic E-state index is 0.549. The second-order valence-corrected chi connectivity index (χ2v) is 7.36. The Morgan fingerprint density at radius 2 is 1.46 bits per heavy atom. The summed E-state index contributed by atoms with van der Waals surface area (Å²) in [6.45, 7) is 9.44. The second kappa shape index (κ2) is 16.0. The highest BCUT2D eigenvalue weighted by Crippen LogP contribution is 2.16. The van der Waals surface area contributed by atoms with Crippen LogP contribution in [-0.2, 0) is 4.74 Å². The van der Waals surface area contributed by atoms with Crippen molar-refractivity contribution in [2.24, 2.45) is 0 Å². The Hall–Kier alpha value is -1.22. The lowest BCUT2D eigenvalue weighted by molar-refractivity contribution is 0.143. The Morgan fingerprint density at radius 1 is 0.808 bits per heavy atom. The first-order chi connectivity index (χ1) is 12.8. The average molecular weight is 363 g/mol. The number of benzene rings is 1. The largest absolute Gasteiger partial charge is 0.385 e. The smallest absolute Gasteiger partial charge is 0.0465 e. The van der Waals surface area contributed by atoms with Crippen LogP contribution in [0.3, 0.4) is 0 Å². The minimum absolute atomic E-state index is 0.549. The van der Waals surface area contributed by atoms with E-state index in [0.29, 0.717) is 6.04 Å². The highest BCUT2D eigenvalue weighted by Gasteiger charge is 2.02. The topological polar surface area (TPSA) is 33.3 Å². The van der Waals surface area contributed by atoms with Crippen LogP contribution >= 0.6 is 0 Å². The van der Waals surface area contributed by atoms with Gasteiger partial charge >= 0.3 is 0 Å². The first kappa shape index (κ1) is 22.8. The Bertz CT molecular complexity index is 419. The molecule has 0 aliphatic carbocycles. The van der Waals surface area contributed by atoms with E-state index in [2.05, 4.69) is 55.7 Å². The first-order valence-corrected chi connectivity index (χ1v) is 10.9. The van der Waals surface area contributed by atoms with E-state index in [9.17, 15) is 0 Å². The molecule has 2 N–H and O–H groups in total. The Balaban J connectivity index is 2.07. The molecule has 0 heterocycles. The second-order valence-electron chi connectivity index (χ2n) is 7.36. The maximum Gasteiger partial charge on any atom is 0.0465 e. The van der Waals surface area contributed by atoms with Gasteiger partial charge in [-0.1, -0.05) is 51.9 Å². The van der Waals surface area contributed by atoms with Gasteiger partial charge in [0.2, 0.25) is 0 Å². The molecule has 0 aliphatic rings. The van der Waals surface area contributed by atoms with Crippen LogP contribution < -0.4 is 10.6 Å². The van der Waals surface area contributed by atoms with Crippen LogP contribution in [0.2, 0.25) is 0 Å². The number of unbranched alkanes of at least 4 members (excludes halogenated alkanes) is 7. The zero-order valence-electron chi connectivity index (χ0n) is 17.5. The van der Waals surface area contributed by atoms with Gasteiger partial charge in [0.05, 0.1) is 0 Å². The molecule has 0 radical (unpaired) electrons. The van der Waals surface area contributed by atoms with E-state index in [0.717, 1.165) is 19.8 Å². The van der Waals surface area contributed by atoms with Gasteiger partial charge in [-0.25, -0.2) is 0 Å². The number of ether oxygens (including phenoxy) is 1. The summed E-state index contributed by atoms with van der Waals surface area (Å²) in [7, 11) is 0. The van der Waals surface area contributed by atoms with E-state index in [1.807, 2.05) is 0 Å². The van der Waals surface area contributed by atoms with Crippen molar-refractivity contribution in [2.75, 3.05) is 30.4 Å². The van der Waals surface area contributed by atoms with Gasteiger partial charge in [-0.05, 0) is 57.4 Å². The van der Waals surface area contributed by atoms with Gasteiger partial charge in [-0.2, -0.15) is 0 Å². The molecule has 3 nitrogen and oxygen atoms in total. The van der Waals surface area contributed by atoms with Gasteiger partial charge in [-0.3, -0.25) is 0 Å². The third-order valence-electron chi connectivity index (χ3n) is 4.79. The highest BCUT2D eigenvalue weighted by atomic mass is 16.5. The van der Waals surface area contributed by atoms with Crippen molar-refractivity contribution in [1.29, 1.82) is 0 Å². The van der Waals surface area contributed by atoms with Gasteiger partial charge in [0.25, 0.3) is 0 Å². The molecule has 3 heteroatoms. The van der Waals surface area contributed by atoms with Gasteiger partial charge in [0, 0.05) is 37.2 Å². The number of rotatable bonds is 17. The summed E-state index contributed by atoms with van der Waals surface area (Å²) in [5, 5.41) is 7.15. The monoisotopic (exact) mass is 362 g/mol. The lowest BCUT2D eigenvalue weighted by Gasteiger charge is -2.15. The summed E-state index contributed by atoms with van der Waals surface area (Å²) in [6.07, 6.45) is 13.0. The fraction of sp³-hybridized carbons (Fsp3) is 0.739. The Kier molecular flexibility index (Phi) is 14.0. The quantitative estimate of drug-likeness (QED) is 0.297. The number of hydrogen-bond donors (Lipinski definition) is 2. The van der Waals surface area contributed by atoms with E-state index in [1.54, 1.807) is 0 Å². The first-order valence-electron chi connectivity index (χ1n) is 10.9. The van der Waals surface area contributed by atoms with Crippen LogP contribution in [0.1, 0.15) is 85.0 Å². The summed E-state index contributed by atoms with van der Waals surface area (Å²) < 4.78 is 5.36. The third-order valence-corrected chi connectivity index (χ3v) is 4.79. The molecule has 1 rings (SSSR count). The third kappa shape index (κ3) is 12.2. The van der Waals surface area contributed by atoms with E-state index < -0.39 is 0 Å². The molecule has 0 saturated carbocycles. The number of nitrogens with one attached hydrogen (secondary N) is 2. The molecular formula is C23H42N2O. The van der Waals surface area contributed by atoms with Crippen LogP contribution in [0.4, 0.5) is 11.4 Å². The van der Waals surface area contributed by atoms with E-state index in [-0.39, 0.29) is 0 Å². The fourth-order valence-electron chi connectivity index (χ4n) is 3.15.